The Bertz CT molecular complexity index is 549. The summed E-state index contributed by atoms with van der Waals surface area (Å²) >= 11 is 0. The molecular formula is C17H28F4OSi2. The molecule has 0 N–H and O–H groups in total. The zero-order chi connectivity index (χ0) is 18.9. The molecule has 0 radical (unpaired) electrons. The van der Waals surface area contributed by atoms with Gasteiger partial charge in [0.25, 0.3) is 8.32 Å². The van der Waals surface area contributed by atoms with Crippen LogP contribution < -0.4 is 4.43 Å². The van der Waals surface area contributed by atoms with E-state index in [0.29, 0.717) is 0 Å². The van der Waals surface area contributed by atoms with Crippen LogP contribution >= 0.6 is 0 Å². The maximum Gasteiger partial charge on any atom is 0.256 e. The van der Waals surface area contributed by atoms with Gasteiger partial charge in [0, 0.05) is 14.1 Å². The summed E-state index contributed by atoms with van der Waals surface area (Å²) in [4.78, 5) is 0. The van der Waals surface area contributed by atoms with Crippen molar-refractivity contribution in [2.45, 2.75) is 70.5 Å². The standard InChI is InChI=1S/C17H28F4OSi2/c1-11(2)24(12(3)4,9-8-23(5,6)7)22-17-15(20)13(18)10-14(19)16(17)21/h10-12H,8-9H2,1-7H3. The Balaban J connectivity index is 3.38. The molecule has 0 atom stereocenters. The summed E-state index contributed by atoms with van der Waals surface area (Å²) in [6.45, 7) is 14.5. The van der Waals surface area contributed by atoms with Crippen molar-refractivity contribution in [2.24, 2.45) is 0 Å². The van der Waals surface area contributed by atoms with Gasteiger partial charge in [0.1, 0.15) is 0 Å². The highest BCUT2D eigenvalue weighted by molar-refractivity contribution is 6.81. The van der Waals surface area contributed by atoms with Crippen molar-refractivity contribution in [2.75, 3.05) is 0 Å². The second-order valence-corrected chi connectivity index (χ2v) is 18.8. The molecule has 7 heteroatoms. The van der Waals surface area contributed by atoms with Gasteiger partial charge in [-0.3, -0.25) is 0 Å². The largest absolute Gasteiger partial charge is 0.539 e. The monoisotopic (exact) mass is 380 g/mol. The van der Waals surface area contributed by atoms with Gasteiger partial charge in [0.05, 0.1) is 0 Å². The highest BCUT2D eigenvalue weighted by Gasteiger charge is 2.46. The second-order valence-electron chi connectivity index (χ2n) is 8.22. The number of benzene rings is 1. The van der Waals surface area contributed by atoms with Gasteiger partial charge < -0.3 is 4.43 Å². The highest BCUT2D eigenvalue weighted by Crippen LogP contribution is 2.42. The maximum absolute atomic E-state index is 14.1. The summed E-state index contributed by atoms with van der Waals surface area (Å²) in [5.74, 6) is -6.63. The summed E-state index contributed by atoms with van der Waals surface area (Å²) in [5, 5.41) is 0. The predicted molar refractivity (Wildman–Crippen MR) is 95.8 cm³/mol. The first kappa shape index (κ1) is 21.2. The van der Waals surface area contributed by atoms with E-state index in [2.05, 4.69) is 19.6 Å². The molecule has 0 bridgehead atoms. The zero-order valence-corrected chi connectivity index (χ0v) is 17.6. The summed E-state index contributed by atoms with van der Waals surface area (Å²) in [6.07, 6.45) is 0. The third-order valence-corrected chi connectivity index (χ3v) is 12.4. The van der Waals surface area contributed by atoms with Crippen LogP contribution in [0.1, 0.15) is 27.7 Å². The SMILES string of the molecule is CC(C)[Si](CC[Si](C)(C)C)(Oc1c(F)c(F)cc(F)c1F)C(C)C. The molecule has 0 spiro atoms. The average molecular weight is 381 g/mol. The topological polar surface area (TPSA) is 9.23 Å². The van der Waals surface area contributed by atoms with E-state index in [1.807, 2.05) is 27.7 Å². The van der Waals surface area contributed by atoms with Crippen molar-refractivity contribution < 1.29 is 22.0 Å². The van der Waals surface area contributed by atoms with E-state index >= 15 is 0 Å². The van der Waals surface area contributed by atoms with Gasteiger partial charge in [0.15, 0.2) is 17.4 Å². The van der Waals surface area contributed by atoms with Crippen molar-refractivity contribution in [1.82, 2.24) is 0 Å². The lowest BCUT2D eigenvalue weighted by atomic mass is 10.3. The van der Waals surface area contributed by atoms with Gasteiger partial charge in [-0.25, -0.2) is 8.78 Å². The van der Waals surface area contributed by atoms with E-state index in [-0.39, 0.29) is 17.1 Å². The molecule has 0 aliphatic rings. The lowest BCUT2D eigenvalue weighted by Gasteiger charge is -2.40. The Kier molecular flexibility index (Phi) is 6.72. The van der Waals surface area contributed by atoms with Crippen LogP contribution in [0.25, 0.3) is 0 Å². The molecule has 24 heavy (non-hydrogen) atoms. The minimum absolute atomic E-state index is 0.0546. The van der Waals surface area contributed by atoms with Gasteiger partial charge in [-0.2, -0.15) is 8.78 Å². The smallest absolute Gasteiger partial charge is 0.256 e. The van der Waals surface area contributed by atoms with Crippen LogP contribution in [-0.2, 0) is 0 Å². The van der Waals surface area contributed by atoms with Crippen molar-refractivity contribution in [1.29, 1.82) is 0 Å². The first-order valence-corrected chi connectivity index (χ1v) is 14.3. The first-order valence-electron chi connectivity index (χ1n) is 8.34. The summed E-state index contributed by atoms with van der Waals surface area (Å²) in [7, 11) is -4.09. The molecule has 0 saturated carbocycles. The van der Waals surface area contributed by atoms with Crippen LogP contribution in [0.3, 0.4) is 0 Å². The highest BCUT2D eigenvalue weighted by atomic mass is 28.4. The molecule has 0 fully saturated rings. The van der Waals surface area contributed by atoms with Crippen LogP contribution in [0, 0.1) is 23.3 Å². The van der Waals surface area contributed by atoms with Crippen molar-refractivity contribution in [3.8, 4) is 5.75 Å². The third-order valence-electron chi connectivity index (χ3n) is 4.58. The molecule has 0 aliphatic heterocycles. The van der Waals surface area contributed by atoms with Crippen LogP contribution in [0.4, 0.5) is 17.6 Å². The molecule has 1 aromatic rings. The number of halogens is 4. The zero-order valence-electron chi connectivity index (χ0n) is 15.6. The number of hydrogen-bond acceptors (Lipinski definition) is 1. The van der Waals surface area contributed by atoms with E-state index in [1.165, 1.54) is 0 Å². The lowest BCUT2D eigenvalue weighted by molar-refractivity contribution is 0.378. The molecule has 0 saturated heterocycles. The van der Waals surface area contributed by atoms with E-state index in [0.717, 1.165) is 12.1 Å². The van der Waals surface area contributed by atoms with Crippen LogP contribution in [0.2, 0.25) is 42.8 Å². The molecule has 0 aromatic heterocycles. The lowest BCUT2D eigenvalue weighted by Crippen LogP contribution is -2.49. The van der Waals surface area contributed by atoms with Crippen LogP contribution in [-0.4, -0.2) is 16.4 Å². The van der Waals surface area contributed by atoms with E-state index in [4.69, 9.17) is 4.43 Å². The molecule has 0 heterocycles. The molecule has 1 aromatic carbocycles. The Labute approximate surface area is 144 Å². The summed E-state index contributed by atoms with van der Waals surface area (Å²) in [5.41, 5.74) is 0.109. The van der Waals surface area contributed by atoms with Gasteiger partial charge in [-0.05, 0) is 17.1 Å². The molecular weight excluding hydrogens is 352 g/mol. The Morgan fingerprint density at radius 3 is 1.58 bits per heavy atom. The average Bonchev–Trinajstić information content (AvgIpc) is 2.43. The van der Waals surface area contributed by atoms with E-state index in [9.17, 15) is 17.6 Å². The normalized spacial score (nSPS) is 13.0. The molecule has 0 amide bonds. The summed E-state index contributed by atoms with van der Waals surface area (Å²) in [6, 6.07) is 1.87. The van der Waals surface area contributed by atoms with Gasteiger partial charge >= 0.3 is 0 Å². The number of hydrogen-bond donors (Lipinski definition) is 0. The fourth-order valence-electron chi connectivity index (χ4n) is 2.93. The fourth-order valence-corrected chi connectivity index (χ4v) is 11.1. The molecule has 0 aliphatic carbocycles. The maximum atomic E-state index is 14.1. The van der Waals surface area contributed by atoms with Crippen molar-refractivity contribution in [3.63, 3.8) is 0 Å². The molecule has 138 valence electrons. The van der Waals surface area contributed by atoms with Gasteiger partial charge in [0.2, 0.25) is 11.6 Å². The molecule has 1 rings (SSSR count). The number of rotatable bonds is 7. The Morgan fingerprint density at radius 2 is 1.25 bits per heavy atom. The van der Waals surface area contributed by atoms with Crippen molar-refractivity contribution >= 4 is 16.4 Å². The van der Waals surface area contributed by atoms with Gasteiger partial charge in [-0.1, -0.05) is 53.4 Å². The van der Waals surface area contributed by atoms with Crippen LogP contribution in [0.5, 0.6) is 5.75 Å². The third kappa shape index (κ3) is 4.62. The van der Waals surface area contributed by atoms with E-state index in [1.54, 1.807) is 0 Å². The fraction of sp³-hybridized carbons (Fsp3) is 0.647. The minimum atomic E-state index is -2.69. The second kappa shape index (κ2) is 7.60. The van der Waals surface area contributed by atoms with Crippen molar-refractivity contribution in [3.05, 3.63) is 29.3 Å². The quantitative estimate of drug-likeness (QED) is 0.290. The minimum Gasteiger partial charge on any atom is -0.539 e. The van der Waals surface area contributed by atoms with E-state index < -0.39 is 45.4 Å². The first-order chi connectivity index (χ1) is 10.8. The predicted octanol–water partition coefficient (Wildman–Crippen LogP) is 6.73. The summed E-state index contributed by atoms with van der Waals surface area (Å²) < 4.78 is 61.1. The Morgan fingerprint density at radius 1 is 0.833 bits per heavy atom. The molecule has 1 nitrogen and oxygen atoms in total. The van der Waals surface area contributed by atoms with Gasteiger partial charge in [-0.15, -0.1) is 0 Å². The molecule has 0 unspecified atom stereocenters. The Hall–Kier alpha value is -0.826. The van der Waals surface area contributed by atoms with Crippen LogP contribution in [0.15, 0.2) is 6.07 Å².